The Morgan fingerprint density at radius 2 is 2.18 bits per heavy atom. The van der Waals surface area contributed by atoms with Crippen LogP contribution in [0.5, 0.6) is 0 Å². The molecule has 0 aromatic carbocycles. The lowest BCUT2D eigenvalue weighted by Gasteiger charge is -2.36. The minimum absolute atomic E-state index is 0.106. The highest BCUT2D eigenvalue weighted by atomic mass is 16.7. The van der Waals surface area contributed by atoms with Crippen molar-refractivity contribution in [2.45, 2.75) is 39.4 Å². The number of rotatable bonds is 4. The zero-order valence-electron chi connectivity index (χ0n) is 11.1. The van der Waals surface area contributed by atoms with E-state index in [0.29, 0.717) is 19.1 Å². The van der Waals surface area contributed by atoms with Crippen molar-refractivity contribution < 1.29 is 19.0 Å². The first-order valence-electron chi connectivity index (χ1n) is 6.07. The predicted octanol–water partition coefficient (Wildman–Crippen LogP) is 1.56. The van der Waals surface area contributed by atoms with Gasteiger partial charge in [0.05, 0.1) is 12.2 Å². The van der Waals surface area contributed by atoms with Crippen LogP contribution in [0.15, 0.2) is 0 Å². The van der Waals surface area contributed by atoms with Gasteiger partial charge in [-0.05, 0) is 19.8 Å². The van der Waals surface area contributed by atoms with E-state index in [1.165, 1.54) is 0 Å². The second kappa shape index (κ2) is 6.21. The van der Waals surface area contributed by atoms with Gasteiger partial charge in [0.25, 0.3) is 0 Å². The van der Waals surface area contributed by atoms with E-state index in [1.54, 1.807) is 0 Å². The van der Waals surface area contributed by atoms with Crippen LogP contribution in [-0.2, 0) is 14.2 Å². The largest absolute Gasteiger partial charge is 0.508 e. The molecule has 0 aromatic heterocycles. The van der Waals surface area contributed by atoms with Crippen molar-refractivity contribution in [3.05, 3.63) is 0 Å². The molecule has 5 heteroatoms. The number of ether oxygens (including phenoxy) is 3. The Kier molecular flexibility index (Phi) is 5.21. The molecule has 0 radical (unpaired) electrons. The maximum absolute atomic E-state index is 11.2. The molecular formula is C12H23NO4. The fourth-order valence-electron chi connectivity index (χ4n) is 1.60. The van der Waals surface area contributed by atoms with Crippen LogP contribution in [0.25, 0.3) is 0 Å². The summed E-state index contributed by atoms with van der Waals surface area (Å²) in [7, 11) is 0. The third kappa shape index (κ3) is 5.89. The lowest BCUT2D eigenvalue weighted by atomic mass is 10.1. The standard InChI is InChI=1S/C12H23NO4/c1-9(2)6-15-11(14)16-7-10-5-13-8-12(3,4)17-10/h9-10,13H,5-8H2,1-4H3. The van der Waals surface area contributed by atoms with Crippen molar-refractivity contribution in [3.8, 4) is 0 Å². The molecule has 0 aromatic rings. The molecule has 1 N–H and O–H groups in total. The summed E-state index contributed by atoms with van der Waals surface area (Å²) in [6.45, 7) is 10.1. The van der Waals surface area contributed by atoms with Gasteiger partial charge in [-0.3, -0.25) is 0 Å². The summed E-state index contributed by atoms with van der Waals surface area (Å²) in [5.41, 5.74) is -0.214. The zero-order chi connectivity index (χ0) is 12.9. The van der Waals surface area contributed by atoms with Gasteiger partial charge in [-0.2, -0.15) is 0 Å². The van der Waals surface area contributed by atoms with Gasteiger partial charge in [0.1, 0.15) is 12.7 Å². The monoisotopic (exact) mass is 245 g/mol. The van der Waals surface area contributed by atoms with E-state index in [0.717, 1.165) is 6.54 Å². The quantitative estimate of drug-likeness (QED) is 0.762. The van der Waals surface area contributed by atoms with E-state index < -0.39 is 6.16 Å². The van der Waals surface area contributed by atoms with Crippen LogP contribution < -0.4 is 5.32 Å². The van der Waals surface area contributed by atoms with E-state index in [4.69, 9.17) is 14.2 Å². The third-order valence-electron chi connectivity index (χ3n) is 2.33. The molecule has 1 rings (SSSR count). The molecule has 0 saturated carbocycles. The average Bonchev–Trinajstić information content (AvgIpc) is 2.22. The SMILES string of the molecule is CC(C)COC(=O)OCC1CNCC(C)(C)O1. The van der Waals surface area contributed by atoms with Gasteiger partial charge in [0, 0.05) is 13.1 Å². The van der Waals surface area contributed by atoms with Crippen molar-refractivity contribution in [2.75, 3.05) is 26.3 Å². The number of nitrogens with one attached hydrogen (secondary N) is 1. The van der Waals surface area contributed by atoms with Gasteiger partial charge >= 0.3 is 6.16 Å². The van der Waals surface area contributed by atoms with Gasteiger partial charge in [0.2, 0.25) is 0 Å². The first-order valence-corrected chi connectivity index (χ1v) is 6.07. The molecule has 5 nitrogen and oxygen atoms in total. The molecule has 17 heavy (non-hydrogen) atoms. The first-order chi connectivity index (χ1) is 7.89. The maximum Gasteiger partial charge on any atom is 0.508 e. The average molecular weight is 245 g/mol. The molecule has 1 aliphatic heterocycles. The van der Waals surface area contributed by atoms with E-state index in [1.807, 2.05) is 27.7 Å². The first kappa shape index (κ1) is 14.3. The molecule has 0 amide bonds. The summed E-state index contributed by atoms with van der Waals surface area (Å²) in [4.78, 5) is 11.2. The van der Waals surface area contributed by atoms with Gasteiger partial charge in [-0.25, -0.2) is 4.79 Å². The molecule has 0 spiro atoms. The second-order valence-electron chi connectivity index (χ2n) is 5.40. The highest BCUT2D eigenvalue weighted by Crippen LogP contribution is 2.15. The summed E-state index contributed by atoms with van der Waals surface area (Å²) in [5.74, 6) is 0.314. The molecular weight excluding hydrogens is 222 g/mol. The van der Waals surface area contributed by atoms with Crippen molar-refractivity contribution in [3.63, 3.8) is 0 Å². The van der Waals surface area contributed by atoms with Crippen molar-refractivity contribution >= 4 is 6.16 Å². The molecule has 100 valence electrons. The lowest BCUT2D eigenvalue weighted by Crippen LogP contribution is -2.52. The number of carbonyl (C=O) groups is 1. The minimum atomic E-state index is -0.620. The van der Waals surface area contributed by atoms with E-state index in [-0.39, 0.29) is 18.3 Å². The molecule has 1 heterocycles. The van der Waals surface area contributed by atoms with Crippen LogP contribution in [0.3, 0.4) is 0 Å². The van der Waals surface area contributed by atoms with Crippen LogP contribution in [-0.4, -0.2) is 44.2 Å². The Bertz CT molecular complexity index is 253. The summed E-state index contributed by atoms with van der Waals surface area (Å²) >= 11 is 0. The van der Waals surface area contributed by atoms with Gasteiger partial charge < -0.3 is 19.5 Å². The van der Waals surface area contributed by atoms with Crippen LogP contribution in [0.1, 0.15) is 27.7 Å². The summed E-state index contributed by atoms with van der Waals surface area (Å²) in [6, 6.07) is 0. The van der Waals surface area contributed by atoms with E-state index in [9.17, 15) is 4.79 Å². The molecule has 1 saturated heterocycles. The number of carbonyl (C=O) groups excluding carboxylic acids is 1. The smallest absolute Gasteiger partial charge is 0.434 e. The van der Waals surface area contributed by atoms with Crippen LogP contribution in [0.4, 0.5) is 4.79 Å². The van der Waals surface area contributed by atoms with E-state index in [2.05, 4.69) is 5.32 Å². The predicted molar refractivity (Wildman–Crippen MR) is 64.0 cm³/mol. The number of morpholine rings is 1. The molecule has 1 atom stereocenters. The molecule has 1 unspecified atom stereocenters. The molecule has 1 fully saturated rings. The Morgan fingerprint density at radius 1 is 1.47 bits per heavy atom. The Labute approximate surface area is 103 Å². The maximum atomic E-state index is 11.2. The third-order valence-corrected chi connectivity index (χ3v) is 2.33. The van der Waals surface area contributed by atoms with Crippen LogP contribution in [0.2, 0.25) is 0 Å². The highest BCUT2D eigenvalue weighted by Gasteiger charge is 2.29. The highest BCUT2D eigenvalue weighted by molar-refractivity contribution is 5.59. The van der Waals surface area contributed by atoms with Gasteiger partial charge in [-0.15, -0.1) is 0 Å². The fraction of sp³-hybridized carbons (Fsp3) is 0.917. The lowest BCUT2D eigenvalue weighted by molar-refractivity contribution is -0.115. The second-order valence-corrected chi connectivity index (χ2v) is 5.40. The molecule has 0 aliphatic carbocycles. The van der Waals surface area contributed by atoms with Crippen LogP contribution >= 0.6 is 0 Å². The Hall–Kier alpha value is -0.810. The number of hydrogen-bond donors (Lipinski definition) is 1. The van der Waals surface area contributed by atoms with Gasteiger partial charge in [0.15, 0.2) is 0 Å². The summed E-state index contributed by atoms with van der Waals surface area (Å²) in [6.07, 6.45) is -0.726. The molecule has 1 aliphatic rings. The van der Waals surface area contributed by atoms with Crippen molar-refractivity contribution in [1.82, 2.24) is 5.32 Å². The molecule has 0 bridgehead atoms. The number of hydrogen-bond acceptors (Lipinski definition) is 5. The van der Waals surface area contributed by atoms with Crippen molar-refractivity contribution in [1.29, 1.82) is 0 Å². The minimum Gasteiger partial charge on any atom is -0.434 e. The van der Waals surface area contributed by atoms with Crippen LogP contribution in [0, 0.1) is 5.92 Å². The summed E-state index contributed by atoms with van der Waals surface area (Å²) in [5, 5.41) is 3.24. The zero-order valence-corrected chi connectivity index (χ0v) is 11.1. The Morgan fingerprint density at radius 3 is 2.76 bits per heavy atom. The normalized spacial score (nSPS) is 23.5. The summed E-state index contributed by atoms with van der Waals surface area (Å²) < 4.78 is 15.7. The van der Waals surface area contributed by atoms with E-state index >= 15 is 0 Å². The topological polar surface area (TPSA) is 56.8 Å². The van der Waals surface area contributed by atoms with Crippen molar-refractivity contribution in [2.24, 2.45) is 5.92 Å². The Balaban J connectivity index is 2.19. The van der Waals surface area contributed by atoms with Gasteiger partial charge in [-0.1, -0.05) is 13.8 Å². The fourth-order valence-corrected chi connectivity index (χ4v) is 1.60.